The van der Waals surface area contributed by atoms with Crippen molar-refractivity contribution in [3.63, 3.8) is 0 Å². The Labute approximate surface area is 171 Å². The molecule has 9 nitrogen and oxygen atoms in total. The highest BCUT2D eigenvalue weighted by atomic mass is 16.6. The highest BCUT2D eigenvalue weighted by Crippen LogP contribution is 2.26. The highest BCUT2D eigenvalue weighted by Gasteiger charge is 2.34. The number of carbonyl (C=O) groups is 1. The maximum absolute atomic E-state index is 12.2. The van der Waals surface area contributed by atoms with Crippen molar-refractivity contribution >= 4 is 23.7 Å². The maximum Gasteiger partial charge on any atom is 0.408 e. The van der Waals surface area contributed by atoms with Crippen molar-refractivity contribution in [2.45, 2.75) is 65.5 Å². The van der Waals surface area contributed by atoms with Crippen LogP contribution in [-0.2, 0) is 4.74 Å². The first kappa shape index (κ1) is 20.9. The minimum atomic E-state index is -0.507. The van der Waals surface area contributed by atoms with E-state index in [9.17, 15) is 4.79 Å². The predicted octanol–water partition coefficient (Wildman–Crippen LogP) is 3.44. The Hall–Kier alpha value is -2.84. The average molecular weight is 402 g/mol. The molecular formula is C20H31N7O2. The van der Waals surface area contributed by atoms with E-state index < -0.39 is 5.60 Å². The fourth-order valence-corrected chi connectivity index (χ4v) is 3.25. The summed E-state index contributed by atoms with van der Waals surface area (Å²) in [5, 5.41) is 13.3. The molecule has 2 aromatic heterocycles. The Balaban J connectivity index is 1.63. The summed E-state index contributed by atoms with van der Waals surface area (Å²) >= 11 is 0. The Morgan fingerprint density at radius 1 is 1.17 bits per heavy atom. The van der Waals surface area contributed by atoms with Gasteiger partial charge in [0.1, 0.15) is 11.4 Å². The van der Waals surface area contributed by atoms with E-state index in [1.54, 1.807) is 0 Å². The van der Waals surface area contributed by atoms with Crippen LogP contribution in [-0.4, -0.2) is 50.5 Å². The van der Waals surface area contributed by atoms with Crippen molar-refractivity contribution < 1.29 is 9.53 Å². The van der Waals surface area contributed by atoms with E-state index in [0.29, 0.717) is 11.8 Å². The Bertz CT molecular complexity index is 864. The second kappa shape index (κ2) is 7.88. The number of hydrogen-bond donors (Lipinski definition) is 3. The summed E-state index contributed by atoms with van der Waals surface area (Å²) in [6.07, 6.45) is 1.19. The van der Waals surface area contributed by atoms with Crippen LogP contribution in [0.3, 0.4) is 0 Å². The third kappa shape index (κ3) is 5.82. The number of aryl methyl sites for hydroxylation is 2. The molecule has 3 heterocycles. The molecule has 0 aromatic carbocycles. The summed E-state index contributed by atoms with van der Waals surface area (Å²) in [7, 11) is 0. The number of hydrogen-bond acceptors (Lipinski definition) is 7. The molecule has 0 radical (unpaired) electrons. The molecular weight excluding hydrogens is 370 g/mol. The van der Waals surface area contributed by atoms with Gasteiger partial charge in [0.25, 0.3) is 0 Å². The number of rotatable bonds is 4. The lowest BCUT2D eigenvalue weighted by Crippen LogP contribution is -2.54. The summed E-state index contributed by atoms with van der Waals surface area (Å²) < 4.78 is 5.40. The molecule has 29 heavy (non-hydrogen) atoms. The van der Waals surface area contributed by atoms with Crippen LogP contribution in [0.5, 0.6) is 0 Å². The number of carbonyl (C=O) groups excluding carboxylic acids is 1. The van der Waals surface area contributed by atoms with Crippen LogP contribution in [0.1, 0.15) is 51.9 Å². The third-order valence-corrected chi connectivity index (χ3v) is 4.76. The van der Waals surface area contributed by atoms with Crippen molar-refractivity contribution in [2.24, 2.45) is 0 Å². The molecule has 158 valence electrons. The molecule has 0 spiro atoms. The SMILES string of the molecule is Cc1cc(Nc2cc(C)[nH]n2)nc(N2CCC(C)(NC(=O)OC(C)(C)C)CC2)n1. The van der Waals surface area contributed by atoms with Gasteiger partial charge < -0.3 is 20.3 Å². The Morgan fingerprint density at radius 2 is 1.86 bits per heavy atom. The second-order valence-electron chi connectivity index (χ2n) is 8.93. The van der Waals surface area contributed by atoms with Gasteiger partial charge in [-0.25, -0.2) is 9.78 Å². The summed E-state index contributed by atoms with van der Waals surface area (Å²) in [6.45, 7) is 13.0. The van der Waals surface area contributed by atoms with Crippen molar-refractivity contribution in [3.8, 4) is 0 Å². The lowest BCUT2D eigenvalue weighted by atomic mass is 9.90. The highest BCUT2D eigenvalue weighted by molar-refractivity contribution is 5.68. The van der Waals surface area contributed by atoms with Gasteiger partial charge >= 0.3 is 6.09 Å². The molecule has 0 atom stereocenters. The molecule has 1 saturated heterocycles. The topological polar surface area (TPSA) is 108 Å². The average Bonchev–Trinajstić information content (AvgIpc) is 2.97. The number of aromatic amines is 1. The van der Waals surface area contributed by atoms with Gasteiger partial charge in [-0.1, -0.05) is 0 Å². The molecule has 0 aliphatic carbocycles. The number of H-pyrrole nitrogens is 1. The molecule has 3 rings (SSSR count). The van der Waals surface area contributed by atoms with Crippen LogP contribution in [0, 0.1) is 13.8 Å². The minimum absolute atomic E-state index is 0.309. The van der Waals surface area contributed by atoms with Crippen LogP contribution in [0.2, 0.25) is 0 Å². The number of alkyl carbamates (subject to hydrolysis) is 1. The van der Waals surface area contributed by atoms with Gasteiger partial charge in [0.05, 0.1) is 0 Å². The fraction of sp³-hybridized carbons (Fsp3) is 0.600. The third-order valence-electron chi connectivity index (χ3n) is 4.76. The number of amides is 1. The number of ether oxygens (including phenoxy) is 1. The summed E-state index contributed by atoms with van der Waals surface area (Å²) in [5.41, 5.74) is 1.04. The first-order valence-corrected chi connectivity index (χ1v) is 9.92. The van der Waals surface area contributed by atoms with Gasteiger partial charge in [-0.2, -0.15) is 10.1 Å². The van der Waals surface area contributed by atoms with E-state index in [0.717, 1.165) is 43.1 Å². The van der Waals surface area contributed by atoms with Gasteiger partial charge in [-0.15, -0.1) is 0 Å². The van der Waals surface area contributed by atoms with Gasteiger partial charge in [0.15, 0.2) is 5.82 Å². The van der Waals surface area contributed by atoms with E-state index in [4.69, 9.17) is 4.74 Å². The molecule has 2 aromatic rings. The van der Waals surface area contributed by atoms with E-state index in [1.165, 1.54) is 0 Å². The number of nitrogens with zero attached hydrogens (tertiary/aromatic N) is 4. The molecule has 1 aliphatic rings. The van der Waals surface area contributed by atoms with E-state index in [-0.39, 0.29) is 11.6 Å². The van der Waals surface area contributed by atoms with Crippen LogP contribution in [0.25, 0.3) is 0 Å². The van der Waals surface area contributed by atoms with Gasteiger partial charge in [-0.05, 0) is 54.4 Å². The summed E-state index contributed by atoms with van der Waals surface area (Å²) in [4.78, 5) is 23.6. The zero-order chi connectivity index (χ0) is 21.2. The molecule has 3 N–H and O–H groups in total. The van der Waals surface area contributed by atoms with Crippen molar-refractivity contribution in [1.82, 2.24) is 25.5 Å². The van der Waals surface area contributed by atoms with E-state index in [2.05, 4.69) is 42.6 Å². The molecule has 1 aliphatic heterocycles. The monoisotopic (exact) mass is 401 g/mol. The fourth-order valence-electron chi connectivity index (χ4n) is 3.25. The smallest absolute Gasteiger partial charge is 0.408 e. The molecule has 0 saturated carbocycles. The van der Waals surface area contributed by atoms with Crippen LogP contribution in [0.4, 0.5) is 22.4 Å². The quantitative estimate of drug-likeness (QED) is 0.720. The van der Waals surface area contributed by atoms with Crippen LogP contribution >= 0.6 is 0 Å². The molecule has 0 unspecified atom stereocenters. The van der Waals surface area contributed by atoms with Crippen molar-refractivity contribution in [2.75, 3.05) is 23.3 Å². The van der Waals surface area contributed by atoms with Crippen molar-refractivity contribution in [3.05, 3.63) is 23.5 Å². The lowest BCUT2D eigenvalue weighted by Gasteiger charge is -2.40. The van der Waals surface area contributed by atoms with E-state index >= 15 is 0 Å². The van der Waals surface area contributed by atoms with Gasteiger partial charge in [-0.3, -0.25) is 5.10 Å². The number of aromatic nitrogens is 4. The Morgan fingerprint density at radius 3 is 2.45 bits per heavy atom. The number of anilines is 3. The molecule has 0 bridgehead atoms. The number of nitrogens with one attached hydrogen (secondary N) is 3. The van der Waals surface area contributed by atoms with Crippen molar-refractivity contribution in [1.29, 1.82) is 0 Å². The Kier molecular flexibility index (Phi) is 5.68. The van der Waals surface area contributed by atoms with Gasteiger partial charge in [0, 0.05) is 42.1 Å². The van der Waals surface area contributed by atoms with E-state index in [1.807, 2.05) is 46.8 Å². The largest absolute Gasteiger partial charge is 0.444 e. The summed E-state index contributed by atoms with van der Waals surface area (Å²) in [6, 6.07) is 3.82. The molecule has 1 fully saturated rings. The van der Waals surface area contributed by atoms with Gasteiger partial charge in [0.2, 0.25) is 5.95 Å². The lowest BCUT2D eigenvalue weighted by molar-refractivity contribution is 0.0448. The normalized spacial score (nSPS) is 16.4. The summed E-state index contributed by atoms with van der Waals surface area (Å²) in [5.74, 6) is 2.11. The molecule has 9 heteroatoms. The minimum Gasteiger partial charge on any atom is -0.444 e. The zero-order valence-corrected chi connectivity index (χ0v) is 18.1. The standard InChI is InChI=1S/C20H31N7O2/c1-13-11-15(22-16-12-14(2)25-26-16)23-17(21-13)27-9-7-20(6,8-10-27)24-18(28)29-19(3,4)5/h11-12H,7-10H2,1-6H3,(H,24,28)(H2,21,22,23,25,26). The van der Waals surface area contributed by atoms with Crippen LogP contribution < -0.4 is 15.5 Å². The first-order chi connectivity index (χ1) is 13.5. The first-order valence-electron chi connectivity index (χ1n) is 9.92. The second-order valence-corrected chi connectivity index (χ2v) is 8.93. The maximum atomic E-state index is 12.2. The zero-order valence-electron chi connectivity index (χ0n) is 18.1. The predicted molar refractivity (Wildman–Crippen MR) is 113 cm³/mol. The number of piperidine rings is 1. The van der Waals surface area contributed by atoms with Crippen LogP contribution in [0.15, 0.2) is 12.1 Å². The molecule has 1 amide bonds.